The summed E-state index contributed by atoms with van der Waals surface area (Å²) in [5.74, 6) is 0.0820. The van der Waals surface area contributed by atoms with Crippen molar-refractivity contribution >= 4 is 23.2 Å². The SMILES string of the molecule is CN1Cc2c(Cl)cc(Cl)cc2C(c2cccc(-n3c(O)ccc3O)c2)C1. The van der Waals surface area contributed by atoms with Gasteiger partial charge in [0, 0.05) is 41.2 Å². The second kappa shape index (κ2) is 6.54. The summed E-state index contributed by atoms with van der Waals surface area (Å²) in [5.41, 5.74) is 3.98. The average Bonchev–Trinajstić information content (AvgIpc) is 2.94. The first-order chi connectivity index (χ1) is 12.4. The van der Waals surface area contributed by atoms with E-state index in [2.05, 4.69) is 11.9 Å². The fourth-order valence-corrected chi connectivity index (χ4v) is 4.26. The van der Waals surface area contributed by atoms with E-state index in [1.54, 1.807) is 6.07 Å². The van der Waals surface area contributed by atoms with Crippen molar-refractivity contribution < 1.29 is 10.2 Å². The van der Waals surface area contributed by atoms with Gasteiger partial charge in [-0.25, -0.2) is 0 Å². The van der Waals surface area contributed by atoms with Crippen LogP contribution in [-0.4, -0.2) is 33.3 Å². The van der Waals surface area contributed by atoms with Crippen LogP contribution in [0.2, 0.25) is 10.0 Å². The maximum absolute atomic E-state index is 10.0. The van der Waals surface area contributed by atoms with Crippen molar-refractivity contribution in [2.45, 2.75) is 12.5 Å². The Labute approximate surface area is 161 Å². The molecule has 0 saturated heterocycles. The van der Waals surface area contributed by atoms with E-state index in [-0.39, 0.29) is 17.7 Å². The molecule has 1 atom stereocenters. The zero-order valence-electron chi connectivity index (χ0n) is 14.2. The smallest absolute Gasteiger partial charge is 0.198 e. The molecule has 2 aromatic carbocycles. The first-order valence-corrected chi connectivity index (χ1v) is 9.06. The molecule has 4 rings (SSSR count). The van der Waals surface area contributed by atoms with Gasteiger partial charge in [0.1, 0.15) is 0 Å². The molecule has 0 spiro atoms. The van der Waals surface area contributed by atoms with Crippen molar-refractivity contribution in [3.05, 3.63) is 75.3 Å². The molecule has 3 aromatic rings. The highest BCUT2D eigenvalue weighted by Gasteiger charge is 2.27. The van der Waals surface area contributed by atoms with E-state index >= 15 is 0 Å². The second-order valence-electron chi connectivity index (χ2n) is 6.68. The van der Waals surface area contributed by atoms with Gasteiger partial charge < -0.3 is 15.1 Å². The van der Waals surface area contributed by atoms with Crippen LogP contribution in [0.1, 0.15) is 22.6 Å². The third kappa shape index (κ3) is 2.94. The molecule has 1 aliphatic rings. The summed E-state index contributed by atoms with van der Waals surface area (Å²) in [7, 11) is 2.06. The van der Waals surface area contributed by atoms with Gasteiger partial charge in [-0.3, -0.25) is 4.57 Å². The Kier molecular flexibility index (Phi) is 4.35. The Balaban J connectivity index is 1.84. The number of aromatic nitrogens is 1. The number of halogens is 2. The standard InChI is InChI=1S/C20H18Cl2N2O2/c1-23-10-16(15-8-13(21)9-18(22)17(15)11-23)12-3-2-4-14(7-12)24-19(25)5-6-20(24)26/h2-9,16,25-26H,10-11H2,1H3. The van der Waals surface area contributed by atoms with Crippen molar-refractivity contribution in [2.75, 3.05) is 13.6 Å². The number of aromatic hydroxyl groups is 2. The lowest BCUT2D eigenvalue weighted by atomic mass is 9.84. The van der Waals surface area contributed by atoms with Crippen LogP contribution in [0.25, 0.3) is 5.69 Å². The van der Waals surface area contributed by atoms with Crippen LogP contribution < -0.4 is 0 Å². The van der Waals surface area contributed by atoms with Crippen LogP contribution in [0.5, 0.6) is 11.8 Å². The van der Waals surface area contributed by atoms with Crippen LogP contribution in [0, 0.1) is 0 Å². The van der Waals surface area contributed by atoms with Crippen LogP contribution in [0.3, 0.4) is 0 Å². The predicted octanol–water partition coefficient (Wildman–Crippen LogP) is 4.77. The van der Waals surface area contributed by atoms with E-state index in [0.717, 1.165) is 29.8 Å². The maximum Gasteiger partial charge on any atom is 0.198 e. The molecule has 1 unspecified atom stereocenters. The third-order valence-corrected chi connectivity index (χ3v) is 5.42. The van der Waals surface area contributed by atoms with E-state index in [9.17, 15) is 10.2 Å². The summed E-state index contributed by atoms with van der Waals surface area (Å²) < 4.78 is 1.40. The molecule has 2 N–H and O–H groups in total. The minimum absolute atomic E-state index is 0.00750. The van der Waals surface area contributed by atoms with E-state index < -0.39 is 0 Å². The monoisotopic (exact) mass is 388 g/mol. The molecule has 0 radical (unpaired) electrons. The zero-order valence-corrected chi connectivity index (χ0v) is 15.7. The molecule has 6 heteroatoms. The fraction of sp³-hybridized carbons (Fsp3) is 0.200. The largest absolute Gasteiger partial charge is 0.494 e. The lowest BCUT2D eigenvalue weighted by molar-refractivity contribution is 0.295. The van der Waals surface area contributed by atoms with Gasteiger partial charge in [0.2, 0.25) is 0 Å². The topological polar surface area (TPSA) is 48.6 Å². The minimum atomic E-state index is -0.00750. The van der Waals surface area contributed by atoms with Crippen molar-refractivity contribution in [3.63, 3.8) is 0 Å². The molecular formula is C20H18Cl2N2O2. The number of benzene rings is 2. The quantitative estimate of drug-likeness (QED) is 0.664. The molecule has 0 fully saturated rings. The highest BCUT2D eigenvalue weighted by atomic mass is 35.5. The van der Waals surface area contributed by atoms with E-state index in [1.165, 1.54) is 16.7 Å². The zero-order chi connectivity index (χ0) is 18.4. The lowest BCUT2D eigenvalue weighted by Gasteiger charge is -2.33. The van der Waals surface area contributed by atoms with Crippen molar-refractivity contribution in [3.8, 4) is 17.4 Å². The van der Waals surface area contributed by atoms with Crippen LogP contribution in [-0.2, 0) is 6.54 Å². The summed E-state index contributed by atoms with van der Waals surface area (Å²) in [6, 6.07) is 14.5. The normalized spacial score (nSPS) is 17.3. The Hall–Kier alpha value is -2.14. The minimum Gasteiger partial charge on any atom is -0.494 e. The number of hydrogen-bond acceptors (Lipinski definition) is 3. The number of rotatable bonds is 2. The van der Waals surface area contributed by atoms with E-state index in [4.69, 9.17) is 23.2 Å². The first-order valence-electron chi connectivity index (χ1n) is 8.30. The molecule has 0 amide bonds. The molecule has 4 nitrogen and oxygen atoms in total. The van der Waals surface area contributed by atoms with Crippen LogP contribution >= 0.6 is 23.2 Å². The summed E-state index contributed by atoms with van der Waals surface area (Å²) >= 11 is 12.7. The lowest BCUT2D eigenvalue weighted by Crippen LogP contribution is -2.31. The maximum atomic E-state index is 10.0. The molecule has 26 heavy (non-hydrogen) atoms. The molecule has 0 aliphatic carbocycles. The van der Waals surface area contributed by atoms with Gasteiger partial charge in [-0.2, -0.15) is 0 Å². The number of likely N-dealkylation sites (N-methyl/N-ethyl adjacent to an activating group) is 1. The van der Waals surface area contributed by atoms with E-state index in [0.29, 0.717) is 15.7 Å². The Morgan fingerprint density at radius 2 is 1.73 bits per heavy atom. The molecular weight excluding hydrogens is 371 g/mol. The van der Waals surface area contributed by atoms with Gasteiger partial charge in [-0.15, -0.1) is 0 Å². The van der Waals surface area contributed by atoms with Crippen molar-refractivity contribution in [1.29, 1.82) is 0 Å². The van der Waals surface area contributed by atoms with Crippen LogP contribution in [0.15, 0.2) is 48.5 Å². The number of hydrogen-bond donors (Lipinski definition) is 2. The van der Waals surface area contributed by atoms with Gasteiger partial charge in [0.05, 0.1) is 5.69 Å². The highest BCUT2D eigenvalue weighted by molar-refractivity contribution is 6.35. The first kappa shape index (κ1) is 17.3. The van der Waals surface area contributed by atoms with Gasteiger partial charge in [-0.05, 0) is 48.0 Å². The summed E-state index contributed by atoms with van der Waals surface area (Å²) in [6.07, 6.45) is 0. The van der Waals surface area contributed by atoms with E-state index in [1.807, 2.05) is 30.3 Å². The number of nitrogens with zero attached hydrogens (tertiary/aromatic N) is 2. The number of fused-ring (bicyclic) bond motifs is 1. The van der Waals surface area contributed by atoms with Gasteiger partial charge in [-0.1, -0.05) is 35.3 Å². The average molecular weight is 389 g/mol. The summed E-state index contributed by atoms with van der Waals surface area (Å²) in [6.45, 7) is 1.61. The Morgan fingerprint density at radius 3 is 2.46 bits per heavy atom. The highest BCUT2D eigenvalue weighted by Crippen LogP contribution is 2.39. The molecule has 1 aliphatic heterocycles. The fourth-order valence-electron chi connectivity index (χ4n) is 3.69. The summed E-state index contributed by atoms with van der Waals surface area (Å²) in [5, 5.41) is 21.3. The molecule has 0 saturated carbocycles. The molecule has 134 valence electrons. The second-order valence-corrected chi connectivity index (χ2v) is 7.53. The third-order valence-electron chi connectivity index (χ3n) is 4.86. The van der Waals surface area contributed by atoms with Crippen LogP contribution in [0.4, 0.5) is 0 Å². The molecule has 1 aromatic heterocycles. The van der Waals surface area contributed by atoms with Gasteiger partial charge in [0.25, 0.3) is 0 Å². The van der Waals surface area contributed by atoms with Gasteiger partial charge >= 0.3 is 0 Å². The predicted molar refractivity (Wildman–Crippen MR) is 104 cm³/mol. The molecule has 2 heterocycles. The summed E-state index contributed by atoms with van der Waals surface area (Å²) in [4.78, 5) is 2.23. The Morgan fingerprint density at radius 1 is 1.00 bits per heavy atom. The van der Waals surface area contributed by atoms with Crippen molar-refractivity contribution in [2.24, 2.45) is 0 Å². The molecule has 0 bridgehead atoms. The Bertz CT molecular complexity index is 964. The van der Waals surface area contributed by atoms with Crippen molar-refractivity contribution in [1.82, 2.24) is 9.47 Å². The van der Waals surface area contributed by atoms with Gasteiger partial charge in [0.15, 0.2) is 11.8 Å².